The molecule has 0 unspecified atom stereocenters. The summed E-state index contributed by atoms with van der Waals surface area (Å²) in [6.07, 6.45) is 1.18. The van der Waals surface area contributed by atoms with Crippen LogP contribution in [-0.4, -0.2) is 37.0 Å². The van der Waals surface area contributed by atoms with Crippen LogP contribution in [-0.2, 0) is 4.79 Å². The smallest absolute Gasteiger partial charge is 0.162 e. The number of hydrazine groups is 1. The minimum atomic E-state index is -0.448. The number of nitrogens with two attached hydrogens (primary N) is 1. The second kappa shape index (κ2) is 6.75. The summed E-state index contributed by atoms with van der Waals surface area (Å²) in [7, 11) is 5.34. The van der Waals surface area contributed by atoms with E-state index in [0.717, 1.165) is 23.4 Å². The van der Waals surface area contributed by atoms with E-state index in [2.05, 4.69) is 19.9 Å². The highest BCUT2D eigenvalue weighted by atomic mass is 16.5. The number of benzene rings is 1. The lowest BCUT2D eigenvalue weighted by molar-refractivity contribution is -0.119. The summed E-state index contributed by atoms with van der Waals surface area (Å²) in [6, 6.07) is 9.75. The van der Waals surface area contributed by atoms with E-state index in [0.29, 0.717) is 23.4 Å². The summed E-state index contributed by atoms with van der Waals surface area (Å²) in [5, 5.41) is 13.5. The number of nitrogens with zero attached hydrogens (tertiary/aromatic N) is 3. The van der Waals surface area contributed by atoms with Gasteiger partial charge >= 0.3 is 0 Å². The second-order valence-electron chi connectivity index (χ2n) is 8.08. The van der Waals surface area contributed by atoms with Crippen LogP contribution in [0.1, 0.15) is 38.2 Å². The molecule has 1 aromatic carbocycles. The summed E-state index contributed by atoms with van der Waals surface area (Å²) in [5.41, 5.74) is 9.12. The third-order valence-corrected chi connectivity index (χ3v) is 5.20. The number of nitriles is 1. The molecule has 6 nitrogen and oxygen atoms in total. The van der Waals surface area contributed by atoms with Gasteiger partial charge in [0.1, 0.15) is 11.6 Å². The highest BCUT2D eigenvalue weighted by molar-refractivity contribution is 6.00. The van der Waals surface area contributed by atoms with Crippen molar-refractivity contribution in [2.45, 2.75) is 32.6 Å². The fourth-order valence-electron chi connectivity index (χ4n) is 4.08. The van der Waals surface area contributed by atoms with Crippen LogP contribution in [0.4, 0.5) is 0 Å². The van der Waals surface area contributed by atoms with E-state index in [1.807, 2.05) is 48.4 Å². The van der Waals surface area contributed by atoms with Crippen molar-refractivity contribution in [2.75, 3.05) is 21.2 Å². The lowest BCUT2D eigenvalue weighted by Gasteiger charge is -2.45. The van der Waals surface area contributed by atoms with Crippen molar-refractivity contribution in [3.05, 3.63) is 52.5 Å². The molecule has 1 aliphatic heterocycles. The van der Waals surface area contributed by atoms with E-state index in [1.165, 1.54) is 0 Å². The van der Waals surface area contributed by atoms with Crippen LogP contribution in [0.3, 0.4) is 0 Å². The molecule has 0 aromatic heterocycles. The Hall–Kier alpha value is -2.78. The van der Waals surface area contributed by atoms with Crippen molar-refractivity contribution in [2.24, 2.45) is 11.1 Å². The number of ketones is 1. The summed E-state index contributed by atoms with van der Waals surface area (Å²) in [4.78, 5) is 13.2. The monoisotopic (exact) mass is 366 g/mol. The number of hydrogen-bond donors (Lipinski definition) is 1. The predicted molar refractivity (Wildman–Crippen MR) is 103 cm³/mol. The number of carbonyl (C=O) groups is 1. The van der Waals surface area contributed by atoms with Gasteiger partial charge in [-0.2, -0.15) is 5.26 Å². The third-order valence-electron chi connectivity index (χ3n) is 5.20. The molecular weight excluding hydrogens is 340 g/mol. The van der Waals surface area contributed by atoms with E-state index in [9.17, 15) is 10.1 Å². The van der Waals surface area contributed by atoms with Gasteiger partial charge in [0.25, 0.3) is 0 Å². The average Bonchev–Trinajstić information content (AvgIpc) is 2.59. The van der Waals surface area contributed by atoms with Gasteiger partial charge in [-0.1, -0.05) is 26.0 Å². The number of methoxy groups -OCH3 is 1. The molecule has 0 saturated heterocycles. The predicted octanol–water partition coefficient (Wildman–Crippen LogP) is 2.91. The molecule has 0 saturated carbocycles. The van der Waals surface area contributed by atoms with E-state index < -0.39 is 5.92 Å². The molecule has 6 heteroatoms. The van der Waals surface area contributed by atoms with Crippen molar-refractivity contribution >= 4 is 5.78 Å². The van der Waals surface area contributed by atoms with Gasteiger partial charge < -0.3 is 10.5 Å². The molecule has 1 heterocycles. The van der Waals surface area contributed by atoms with Crippen LogP contribution in [0, 0.1) is 16.7 Å². The molecule has 1 atom stereocenters. The number of hydrogen-bond acceptors (Lipinski definition) is 6. The first kappa shape index (κ1) is 19.0. The average molecular weight is 366 g/mol. The molecule has 0 spiro atoms. The summed E-state index contributed by atoms with van der Waals surface area (Å²) < 4.78 is 5.24. The van der Waals surface area contributed by atoms with Crippen molar-refractivity contribution < 1.29 is 9.53 Å². The van der Waals surface area contributed by atoms with Gasteiger partial charge in [0.15, 0.2) is 5.78 Å². The van der Waals surface area contributed by atoms with Gasteiger partial charge in [0.05, 0.1) is 24.7 Å². The molecule has 2 N–H and O–H groups in total. The van der Waals surface area contributed by atoms with Crippen LogP contribution < -0.4 is 10.5 Å². The minimum Gasteiger partial charge on any atom is -0.497 e. The Morgan fingerprint density at radius 2 is 1.89 bits per heavy atom. The fraction of sp³-hybridized carbons (Fsp3) is 0.429. The first-order chi connectivity index (χ1) is 12.7. The molecule has 1 aromatic rings. The second-order valence-corrected chi connectivity index (χ2v) is 8.08. The third kappa shape index (κ3) is 3.19. The maximum Gasteiger partial charge on any atom is 0.162 e. The summed E-state index contributed by atoms with van der Waals surface area (Å²) in [5.74, 6) is 0.739. The zero-order chi connectivity index (χ0) is 19.9. The topological polar surface area (TPSA) is 82.6 Å². The van der Waals surface area contributed by atoms with Gasteiger partial charge in [-0.3, -0.25) is 9.80 Å². The molecule has 3 rings (SSSR count). The Balaban J connectivity index is 2.24. The molecular formula is C21H26N4O2. The van der Waals surface area contributed by atoms with Crippen molar-refractivity contribution in [1.82, 2.24) is 10.0 Å². The normalized spacial score (nSPS) is 22.0. The lowest BCUT2D eigenvalue weighted by Crippen LogP contribution is -2.47. The maximum atomic E-state index is 13.2. The molecule has 1 aliphatic carbocycles. The highest BCUT2D eigenvalue weighted by Crippen LogP contribution is 2.49. The number of allylic oxidation sites excluding steroid dienone is 3. The van der Waals surface area contributed by atoms with Crippen molar-refractivity contribution in [3.8, 4) is 11.8 Å². The number of carbonyl (C=O) groups excluding carboxylic acids is 1. The Labute approximate surface area is 160 Å². The standard InChI is InChI=1S/C21H26N4O2/c1-21(2)10-16-19(17(26)11-21)18(13-6-8-14(27-5)9-7-13)15(12-22)20(23)25(16)24(3)4/h6-9,18H,10-11,23H2,1-5H3/t18-/m0/s1. The molecule has 0 amide bonds. The highest BCUT2D eigenvalue weighted by Gasteiger charge is 2.44. The van der Waals surface area contributed by atoms with E-state index in [1.54, 1.807) is 7.11 Å². The molecule has 2 aliphatic rings. The summed E-state index contributed by atoms with van der Waals surface area (Å²) in [6.45, 7) is 4.18. The quantitative estimate of drug-likeness (QED) is 0.886. The lowest BCUT2D eigenvalue weighted by atomic mass is 9.69. The van der Waals surface area contributed by atoms with Crippen LogP contribution >= 0.6 is 0 Å². The van der Waals surface area contributed by atoms with Gasteiger partial charge in [-0.15, -0.1) is 0 Å². The van der Waals surface area contributed by atoms with Crippen molar-refractivity contribution in [3.63, 3.8) is 0 Å². The van der Waals surface area contributed by atoms with E-state index in [4.69, 9.17) is 10.5 Å². The Kier molecular flexibility index (Phi) is 4.75. The molecule has 27 heavy (non-hydrogen) atoms. The Morgan fingerprint density at radius 1 is 1.26 bits per heavy atom. The number of ether oxygens (including phenoxy) is 1. The molecule has 0 radical (unpaired) electrons. The molecule has 142 valence electrons. The Bertz CT molecular complexity index is 872. The van der Waals surface area contributed by atoms with Crippen LogP contribution in [0.25, 0.3) is 0 Å². The first-order valence-electron chi connectivity index (χ1n) is 8.97. The zero-order valence-corrected chi connectivity index (χ0v) is 16.5. The minimum absolute atomic E-state index is 0.0779. The molecule has 0 fully saturated rings. The first-order valence-corrected chi connectivity index (χ1v) is 8.97. The van der Waals surface area contributed by atoms with Crippen LogP contribution in [0.5, 0.6) is 5.75 Å². The SMILES string of the molecule is COc1ccc([C@H]2C(C#N)=C(N)N(N(C)C)C3=C2C(=O)CC(C)(C)C3)cc1. The number of Topliss-reactive ketones (excluding diaryl/α,β-unsaturated/α-hetero) is 1. The van der Waals surface area contributed by atoms with Gasteiger partial charge in [-0.05, 0) is 29.5 Å². The fourth-order valence-corrected chi connectivity index (χ4v) is 4.08. The number of rotatable bonds is 3. The largest absolute Gasteiger partial charge is 0.497 e. The van der Waals surface area contributed by atoms with Gasteiger partial charge in [-0.25, -0.2) is 5.01 Å². The van der Waals surface area contributed by atoms with Gasteiger partial charge in [0, 0.05) is 31.8 Å². The van der Waals surface area contributed by atoms with Crippen molar-refractivity contribution in [1.29, 1.82) is 5.26 Å². The van der Waals surface area contributed by atoms with Crippen LogP contribution in [0.15, 0.2) is 46.9 Å². The maximum absolute atomic E-state index is 13.2. The summed E-state index contributed by atoms with van der Waals surface area (Å²) >= 11 is 0. The van der Waals surface area contributed by atoms with E-state index >= 15 is 0 Å². The van der Waals surface area contributed by atoms with Crippen LogP contribution in [0.2, 0.25) is 0 Å². The Morgan fingerprint density at radius 3 is 2.41 bits per heavy atom. The van der Waals surface area contributed by atoms with E-state index in [-0.39, 0.29) is 11.2 Å². The zero-order valence-electron chi connectivity index (χ0n) is 16.5. The molecule has 0 bridgehead atoms. The van der Waals surface area contributed by atoms with Gasteiger partial charge in [0.2, 0.25) is 0 Å².